The molecular weight excluding hydrogens is 712 g/mol. The summed E-state index contributed by atoms with van der Waals surface area (Å²) in [6.07, 6.45) is -7.96. The van der Waals surface area contributed by atoms with Crippen molar-refractivity contribution in [1.29, 1.82) is 0 Å². The molecule has 52 heavy (non-hydrogen) atoms. The van der Waals surface area contributed by atoms with Gasteiger partial charge in [-0.15, -0.1) is 11.3 Å². The van der Waals surface area contributed by atoms with E-state index in [1.165, 1.54) is 11.3 Å². The van der Waals surface area contributed by atoms with Gasteiger partial charge < -0.3 is 30.7 Å². The molecule has 3 N–H and O–H groups in total. The number of nitrogens with two attached hydrogens (primary N) is 1. The Bertz CT molecular complexity index is 1630. The van der Waals surface area contributed by atoms with Crippen molar-refractivity contribution < 1.29 is 40.7 Å². The molecule has 0 radical (unpaired) electrons. The van der Waals surface area contributed by atoms with Crippen molar-refractivity contribution in [3.8, 4) is 0 Å². The highest BCUT2D eigenvalue weighted by molar-refractivity contribution is 7.08. The summed E-state index contributed by atoms with van der Waals surface area (Å²) < 4.78 is 83.5. The van der Waals surface area contributed by atoms with Crippen molar-refractivity contribution in [2.45, 2.75) is 69.5 Å². The number of nitrogen functional groups attached to an aromatic ring is 1. The Hall–Kier alpha value is -3.57. The van der Waals surface area contributed by atoms with Crippen LogP contribution in [0.15, 0.2) is 22.9 Å². The molecule has 2 atom stereocenters. The van der Waals surface area contributed by atoms with Crippen LogP contribution in [0.1, 0.15) is 54.4 Å². The van der Waals surface area contributed by atoms with Crippen molar-refractivity contribution in [2.75, 3.05) is 70.0 Å². The number of piperazine rings is 1. The van der Waals surface area contributed by atoms with E-state index in [1.807, 2.05) is 10.8 Å². The van der Waals surface area contributed by atoms with Gasteiger partial charge in [0, 0.05) is 75.3 Å². The number of carbonyl (C=O) groups excluding carboxylic acids is 3. The molecule has 5 fully saturated rings. The SMILES string of the molecule is Nc1c(C(F)(F)F)cc(C[C@@H](CC(=O)N2CCC(N3Cc4cscc4NC3=O)CC2)C(=O)N2CCN(C3CN4CCC3CC4)CC2)cc1C(F)(F)F. The predicted molar refractivity (Wildman–Crippen MR) is 182 cm³/mol. The molecule has 4 amide bonds. The van der Waals surface area contributed by atoms with E-state index in [0.29, 0.717) is 82.7 Å². The lowest BCUT2D eigenvalue weighted by Gasteiger charge is -2.51. The second-order valence-electron chi connectivity index (χ2n) is 14.8. The largest absolute Gasteiger partial charge is 0.418 e. The fourth-order valence-electron chi connectivity index (χ4n) is 8.77. The van der Waals surface area contributed by atoms with Crippen LogP contribution >= 0.6 is 11.3 Å². The first-order chi connectivity index (χ1) is 24.7. The number of rotatable bonds is 7. The number of likely N-dealkylation sites (tertiary alicyclic amines) is 1. The number of nitrogens with zero attached hydrogens (tertiary/aromatic N) is 5. The number of amides is 4. The minimum absolute atomic E-state index is 0.127. The van der Waals surface area contributed by atoms with E-state index in [0.717, 1.165) is 43.7 Å². The number of fused-ring (bicyclic) bond motifs is 4. The lowest BCUT2D eigenvalue weighted by Crippen LogP contribution is -2.61. The lowest BCUT2D eigenvalue weighted by atomic mass is 9.83. The van der Waals surface area contributed by atoms with E-state index >= 15 is 0 Å². The van der Waals surface area contributed by atoms with Gasteiger partial charge in [-0.05, 0) is 74.2 Å². The van der Waals surface area contributed by atoms with E-state index in [4.69, 9.17) is 5.73 Å². The highest BCUT2D eigenvalue weighted by atomic mass is 32.1. The van der Waals surface area contributed by atoms with Crippen molar-refractivity contribution in [2.24, 2.45) is 11.8 Å². The van der Waals surface area contributed by atoms with E-state index in [9.17, 15) is 40.7 Å². The van der Waals surface area contributed by atoms with Gasteiger partial charge in [0.2, 0.25) is 11.8 Å². The first-order valence-corrected chi connectivity index (χ1v) is 18.8. The van der Waals surface area contributed by atoms with E-state index in [-0.39, 0.29) is 24.1 Å². The fraction of sp³-hybridized carbons (Fsp3) is 0.629. The van der Waals surface area contributed by atoms with Crippen LogP contribution in [0, 0.1) is 11.8 Å². The maximum atomic E-state index is 14.1. The Balaban J connectivity index is 1.06. The van der Waals surface area contributed by atoms with Crippen LogP contribution < -0.4 is 11.1 Å². The summed E-state index contributed by atoms with van der Waals surface area (Å²) in [6.45, 7) is 6.10. The molecule has 0 aliphatic carbocycles. The Labute approximate surface area is 301 Å². The van der Waals surface area contributed by atoms with Crippen molar-refractivity contribution in [1.82, 2.24) is 24.5 Å². The number of carbonyl (C=O) groups is 3. The standard InChI is InChI=1S/C35H43F6N7O3S/c36-34(37,38)26-14-21(15-27(31(26)42)35(39,40)41)13-23(32(50)47-11-9-45(10-12-47)29-18-44-5-1-22(29)2-6-44)16-30(49)46-7-3-25(4-8-46)48-17-24-19-52-20-28(24)43-33(48)51/h14-15,19-20,22-23,25,29H,1-13,16-18,42H2,(H,43,51)/t23-,29?/m0/s1. The average molecular weight is 756 g/mol. The summed E-state index contributed by atoms with van der Waals surface area (Å²) in [5.41, 5.74) is 2.15. The molecule has 7 heterocycles. The van der Waals surface area contributed by atoms with Crippen LogP contribution in [0.3, 0.4) is 0 Å². The molecule has 2 aromatic rings. The normalized spacial score (nSPS) is 25.2. The summed E-state index contributed by atoms with van der Waals surface area (Å²) in [5.74, 6) is -1.47. The third-order valence-electron chi connectivity index (χ3n) is 11.7. The maximum absolute atomic E-state index is 14.1. The Morgan fingerprint density at radius 1 is 0.865 bits per heavy atom. The molecule has 2 bridgehead atoms. The zero-order valence-electron chi connectivity index (χ0n) is 28.6. The van der Waals surface area contributed by atoms with E-state index in [1.54, 1.807) is 14.7 Å². The number of hydrogen-bond donors (Lipinski definition) is 2. The molecule has 17 heteroatoms. The highest BCUT2D eigenvalue weighted by Gasteiger charge is 2.43. The first-order valence-electron chi connectivity index (χ1n) is 17.9. The van der Waals surface area contributed by atoms with Gasteiger partial charge in [-0.2, -0.15) is 26.3 Å². The number of urea groups is 1. The van der Waals surface area contributed by atoms with Crippen LogP contribution in [0.2, 0.25) is 0 Å². The van der Waals surface area contributed by atoms with Crippen molar-refractivity contribution in [3.63, 3.8) is 0 Å². The van der Waals surface area contributed by atoms with Crippen molar-refractivity contribution >= 4 is 40.6 Å². The summed E-state index contributed by atoms with van der Waals surface area (Å²) >= 11 is 1.50. The second kappa shape index (κ2) is 14.3. The van der Waals surface area contributed by atoms with Gasteiger partial charge in [-0.25, -0.2) is 4.79 Å². The minimum Gasteiger partial charge on any atom is -0.398 e. The van der Waals surface area contributed by atoms with Crippen LogP contribution in [-0.4, -0.2) is 113 Å². The zero-order chi connectivity index (χ0) is 36.9. The molecule has 6 aliphatic heterocycles. The van der Waals surface area contributed by atoms with Crippen molar-refractivity contribution in [3.05, 3.63) is 45.1 Å². The highest BCUT2D eigenvalue weighted by Crippen LogP contribution is 2.43. The maximum Gasteiger partial charge on any atom is 0.418 e. The molecule has 1 unspecified atom stereocenters. The number of anilines is 2. The van der Waals surface area contributed by atoms with Gasteiger partial charge in [0.25, 0.3) is 0 Å². The van der Waals surface area contributed by atoms with Crippen LogP contribution in [0.25, 0.3) is 0 Å². The monoisotopic (exact) mass is 755 g/mol. The third kappa shape index (κ3) is 7.58. The molecule has 1 aromatic heterocycles. The molecule has 0 spiro atoms. The number of benzene rings is 1. The van der Waals surface area contributed by atoms with Gasteiger partial charge in [0.15, 0.2) is 0 Å². The van der Waals surface area contributed by atoms with Gasteiger partial charge in [0.1, 0.15) is 0 Å². The predicted octanol–water partition coefficient (Wildman–Crippen LogP) is 5.19. The zero-order valence-corrected chi connectivity index (χ0v) is 29.5. The van der Waals surface area contributed by atoms with Gasteiger partial charge in [0.05, 0.1) is 35.0 Å². The van der Waals surface area contributed by atoms with Gasteiger partial charge in [-0.3, -0.25) is 14.5 Å². The minimum atomic E-state index is -5.17. The van der Waals surface area contributed by atoms with Gasteiger partial charge in [-0.1, -0.05) is 0 Å². The number of piperidine rings is 4. The molecule has 284 valence electrons. The summed E-state index contributed by atoms with van der Waals surface area (Å²) in [4.78, 5) is 50.5. The van der Waals surface area contributed by atoms with Crippen LogP contribution in [0.4, 0.5) is 42.5 Å². The fourth-order valence-corrected chi connectivity index (χ4v) is 9.55. The Kier molecular flexibility index (Phi) is 10.1. The Morgan fingerprint density at radius 2 is 1.50 bits per heavy atom. The lowest BCUT2D eigenvalue weighted by molar-refractivity contribution is -0.144. The smallest absolute Gasteiger partial charge is 0.398 e. The number of alkyl halides is 6. The molecule has 5 saturated heterocycles. The number of nitrogens with one attached hydrogen (secondary N) is 1. The average Bonchev–Trinajstić information content (AvgIpc) is 3.58. The molecule has 6 aliphatic rings. The van der Waals surface area contributed by atoms with Crippen LogP contribution in [0.5, 0.6) is 0 Å². The third-order valence-corrected chi connectivity index (χ3v) is 12.5. The molecule has 1 aromatic carbocycles. The molecular formula is C35H43F6N7O3S. The second-order valence-corrected chi connectivity index (χ2v) is 15.5. The quantitative estimate of drug-likeness (QED) is 0.298. The first kappa shape index (κ1) is 36.8. The van der Waals surface area contributed by atoms with E-state index < -0.39 is 53.3 Å². The summed E-state index contributed by atoms with van der Waals surface area (Å²) in [6, 6.07) is 1.18. The summed E-state index contributed by atoms with van der Waals surface area (Å²) in [7, 11) is 0. The summed E-state index contributed by atoms with van der Waals surface area (Å²) in [5, 5.41) is 6.75. The molecule has 0 saturated carbocycles. The van der Waals surface area contributed by atoms with Crippen LogP contribution in [-0.2, 0) is 34.9 Å². The number of hydrogen-bond acceptors (Lipinski definition) is 7. The topological polar surface area (TPSA) is 105 Å². The number of thiophene rings is 1. The molecule has 8 rings (SSSR count). The number of halogens is 6. The molecule has 10 nitrogen and oxygen atoms in total. The van der Waals surface area contributed by atoms with Gasteiger partial charge >= 0.3 is 18.4 Å². The van der Waals surface area contributed by atoms with E-state index in [2.05, 4.69) is 15.1 Å². The Morgan fingerprint density at radius 3 is 2.08 bits per heavy atom.